The fourth-order valence-electron chi connectivity index (χ4n) is 3.47. The van der Waals surface area contributed by atoms with E-state index in [0.29, 0.717) is 11.1 Å². The maximum Gasteiger partial charge on any atom is 0.228 e. The molecule has 100 valence electrons. The van der Waals surface area contributed by atoms with Crippen LogP contribution in [-0.2, 0) is 19.1 Å². The third-order valence-corrected chi connectivity index (χ3v) is 4.31. The van der Waals surface area contributed by atoms with E-state index < -0.39 is 0 Å². The number of carbonyl (C=O) groups is 2. The van der Waals surface area contributed by atoms with Gasteiger partial charge in [-0.3, -0.25) is 9.59 Å². The van der Waals surface area contributed by atoms with Crippen LogP contribution in [0.1, 0.15) is 19.8 Å². The Labute approximate surface area is 111 Å². The molecule has 0 radical (unpaired) electrons. The number of rotatable bonds is 2. The fourth-order valence-corrected chi connectivity index (χ4v) is 3.47. The van der Waals surface area contributed by atoms with Crippen LogP contribution in [0.2, 0.25) is 0 Å². The van der Waals surface area contributed by atoms with Gasteiger partial charge >= 0.3 is 0 Å². The van der Waals surface area contributed by atoms with Crippen LogP contribution in [0.15, 0.2) is 34.3 Å². The van der Waals surface area contributed by atoms with Crippen molar-refractivity contribution >= 4 is 11.6 Å². The van der Waals surface area contributed by atoms with Crippen molar-refractivity contribution in [2.75, 3.05) is 14.2 Å². The molecule has 0 heterocycles. The van der Waals surface area contributed by atoms with Crippen molar-refractivity contribution in [1.29, 1.82) is 0 Å². The molecular formula is C15H16O4. The molecule has 19 heavy (non-hydrogen) atoms. The van der Waals surface area contributed by atoms with Crippen LogP contribution in [0.4, 0.5) is 0 Å². The Hall–Kier alpha value is -1.84. The normalized spacial score (nSPS) is 29.5. The molecule has 0 unspecified atom stereocenters. The number of ketones is 2. The van der Waals surface area contributed by atoms with Gasteiger partial charge in [0.05, 0.1) is 14.2 Å². The van der Waals surface area contributed by atoms with Gasteiger partial charge in [-0.15, -0.1) is 0 Å². The van der Waals surface area contributed by atoms with Gasteiger partial charge in [-0.25, -0.2) is 0 Å². The van der Waals surface area contributed by atoms with Crippen molar-refractivity contribution in [3.63, 3.8) is 0 Å². The minimum absolute atomic E-state index is 0.0462. The summed E-state index contributed by atoms with van der Waals surface area (Å²) in [5.74, 6) is -0.153. The second kappa shape index (κ2) is 4.08. The highest BCUT2D eigenvalue weighted by molar-refractivity contribution is 6.24. The molecule has 4 heteroatoms. The number of Topliss-reactive ketones (excluding diaryl/α,β-unsaturated/α-hetero) is 2. The zero-order chi connectivity index (χ0) is 13.7. The molecule has 4 rings (SSSR count). The number of allylic oxidation sites excluding steroid dienone is 4. The smallest absolute Gasteiger partial charge is 0.228 e. The second-order valence-corrected chi connectivity index (χ2v) is 5.20. The van der Waals surface area contributed by atoms with Gasteiger partial charge in [0.25, 0.3) is 0 Å². The highest BCUT2D eigenvalue weighted by Gasteiger charge is 2.46. The Bertz CT molecular complexity index is 577. The predicted octanol–water partition coefficient (Wildman–Crippen LogP) is 1.93. The maximum absolute atomic E-state index is 12.5. The van der Waals surface area contributed by atoms with Crippen LogP contribution >= 0.6 is 0 Å². The number of carbonyl (C=O) groups excluding carboxylic acids is 2. The first kappa shape index (κ1) is 12.2. The quantitative estimate of drug-likeness (QED) is 0.562. The van der Waals surface area contributed by atoms with Gasteiger partial charge in [0.1, 0.15) is 0 Å². The first-order chi connectivity index (χ1) is 9.10. The van der Waals surface area contributed by atoms with Gasteiger partial charge in [0.15, 0.2) is 0 Å². The van der Waals surface area contributed by atoms with Gasteiger partial charge in [-0.2, -0.15) is 0 Å². The van der Waals surface area contributed by atoms with Crippen molar-refractivity contribution in [2.24, 2.45) is 11.8 Å². The summed E-state index contributed by atoms with van der Waals surface area (Å²) in [6, 6.07) is 0. The average molecular weight is 260 g/mol. The molecule has 0 aliphatic heterocycles. The average Bonchev–Trinajstić information content (AvgIpc) is 2.42. The Morgan fingerprint density at radius 3 is 2.11 bits per heavy atom. The van der Waals surface area contributed by atoms with E-state index >= 15 is 0 Å². The van der Waals surface area contributed by atoms with E-state index in [0.717, 1.165) is 12.8 Å². The summed E-state index contributed by atoms with van der Waals surface area (Å²) in [6.45, 7) is 2.03. The largest absolute Gasteiger partial charge is 0.489 e. The highest BCUT2D eigenvalue weighted by atomic mass is 16.5. The van der Waals surface area contributed by atoms with Gasteiger partial charge in [0.2, 0.25) is 23.1 Å². The minimum atomic E-state index is -0.188. The van der Waals surface area contributed by atoms with Crippen LogP contribution in [-0.4, -0.2) is 25.8 Å². The summed E-state index contributed by atoms with van der Waals surface area (Å²) in [5.41, 5.74) is 2.45. The van der Waals surface area contributed by atoms with Gasteiger partial charge in [0, 0.05) is 23.0 Å². The molecule has 0 aromatic carbocycles. The summed E-state index contributed by atoms with van der Waals surface area (Å²) < 4.78 is 10.2. The molecule has 2 atom stereocenters. The van der Waals surface area contributed by atoms with Crippen molar-refractivity contribution in [3.8, 4) is 0 Å². The van der Waals surface area contributed by atoms with Crippen molar-refractivity contribution in [1.82, 2.24) is 0 Å². The van der Waals surface area contributed by atoms with Crippen molar-refractivity contribution in [3.05, 3.63) is 34.3 Å². The predicted molar refractivity (Wildman–Crippen MR) is 68.1 cm³/mol. The first-order valence-electron chi connectivity index (χ1n) is 6.44. The van der Waals surface area contributed by atoms with Gasteiger partial charge in [-0.05, 0) is 19.8 Å². The second-order valence-electron chi connectivity index (χ2n) is 5.20. The van der Waals surface area contributed by atoms with Gasteiger partial charge < -0.3 is 9.47 Å². The van der Waals surface area contributed by atoms with Gasteiger partial charge in [-0.1, -0.05) is 11.6 Å². The van der Waals surface area contributed by atoms with Crippen LogP contribution in [0.25, 0.3) is 0 Å². The molecule has 0 N–H and O–H groups in total. The SMILES string of the molecule is COC1=C(OC)C(=O)C2=C(C1=O)[C@@H]1CC[C@@H]2C=C1C. The summed E-state index contributed by atoms with van der Waals surface area (Å²) in [4.78, 5) is 25.0. The summed E-state index contributed by atoms with van der Waals surface area (Å²) in [6.07, 6.45) is 3.98. The molecule has 0 spiro atoms. The van der Waals surface area contributed by atoms with Crippen LogP contribution in [0, 0.1) is 11.8 Å². The van der Waals surface area contributed by atoms with Crippen LogP contribution in [0.3, 0.4) is 0 Å². The zero-order valence-electron chi connectivity index (χ0n) is 11.3. The van der Waals surface area contributed by atoms with E-state index in [1.54, 1.807) is 0 Å². The lowest BCUT2D eigenvalue weighted by molar-refractivity contribution is -0.122. The number of methoxy groups -OCH3 is 2. The third kappa shape index (κ3) is 1.46. The topological polar surface area (TPSA) is 52.6 Å². The Balaban J connectivity index is 2.17. The Kier molecular flexibility index (Phi) is 2.62. The number of fused-ring (bicyclic) bond motifs is 1. The molecule has 2 bridgehead atoms. The Morgan fingerprint density at radius 2 is 1.58 bits per heavy atom. The van der Waals surface area contributed by atoms with E-state index in [4.69, 9.17) is 9.47 Å². The molecule has 4 aliphatic carbocycles. The Morgan fingerprint density at radius 1 is 1.00 bits per heavy atom. The summed E-state index contributed by atoms with van der Waals surface area (Å²) >= 11 is 0. The number of hydrogen-bond acceptors (Lipinski definition) is 4. The summed E-state index contributed by atoms with van der Waals surface area (Å²) in [5, 5.41) is 0. The standard InChI is InChI=1S/C15H16O4/c1-7-6-8-4-5-9(7)11-10(8)12(16)14(18-2)15(19-3)13(11)17/h6,8-9H,4-5H2,1-3H3/t8-,9-/m1/s1. The molecule has 0 aromatic rings. The monoisotopic (exact) mass is 260 g/mol. The molecule has 0 amide bonds. The van der Waals surface area contributed by atoms with E-state index in [-0.39, 0.29) is 34.9 Å². The van der Waals surface area contributed by atoms with Crippen molar-refractivity contribution in [2.45, 2.75) is 19.8 Å². The van der Waals surface area contributed by atoms with E-state index in [2.05, 4.69) is 6.08 Å². The fraction of sp³-hybridized carbons (Fsp3) is 0.467. The molecule has 0 saturated carbocycles. The molecule has 4 nitrogen and oxygen atoms in total. The first-order valence-corrected chi connectivity index (χ1v) is 6.44. The maximum atomic E-state index is 12.5. The summed E-state index contributed by atoms with van der Waals surface area (Å²) in [7, 11) is 2.79. The zero-order valence-corrected chi connectivity index (χ0v) is 11.3. The van der Waals surface area contributed by atoms with E-state index in [9.17, 15) is 9.59 Å². The van der Waals surface area contributed by atoms with E-state index in [1.165, 1.54) is 19.8 Å². The minimum Gasteiger partial charge on any atom is -0.489 e. The van der Waals surface area contributed by atoms with E-state index in [1.807, 2.05) is 6.92 Å². The lowest BCUT2D eigenvalue weighted by Crippen LogP contribution is -2.38. The number of hydrogen-bond donors (Lipinski definition) is 0. The van der Waals surface area contributed by atoms with Crippen molar-refractivity contribution < 1.29 is 19.1 Å². The molecule has 0 saturated heterocycles. The third-order valence-electron chi connectivity index (χ3n) is 4.31. The van der Waals surface area contributed by atoms with Crippen LogP contribution in [0.5, 0.6) is 0 Å². The molecular weight excluding hydrogens is 244 g/mol. The molecule has 4 aliphatic rings. The lowest BCUT2D eigenvalue weighted by atomic mass is 9.64. The molecule has 0 fully saturated rings. The number of ether oxygens (including phenoxy) is 2. The lowest BCUT2D eigenvalue weighted by Gasteiger charge is -2.39. The molecule has 0 aromatic heterocycles. The highest BCUT2D eigenvalue weighted by Crippen LogP contribution is 2.48. The van der Waals surface area contributed by atoms with Crippen LogP contribution < -0.4 is 0 Å².